The second-order valence-corrected chi connectivity index (χ2v) is 5.80. The first-order chi connectivity index (χ1) is 10.8. The van der Waals surface area contributed by atoms with Crippen molar-refractivity contribution >= 4 is 5.91 Å². The number of alkyl halides is 3. The minimum absolute atomic E-state index is 0.0416. The van der Waals surface area contributed by atoms with Crippen molar-refractivity contribution in [3.05, 3.63) is 29.8 Å². The van der Waals surface area contributed by atoms with Gasteiger partial charge in [-0.3, -0.25) is 4.79 Å². The summed E-state index contributed by atoms with van der Waals surface area (Å²) < 4.78 is 40.1. The van der Waals surface area contributed by atoms with Gasteiger partial charge in [-0.15, -0.1) is 13.2 Å². The minimum atomic E-state index is -4.70. The molecule has 1 aromatic rings. The van der Waals surface area contributed by atoms with Gasteiger partial charge in [-0.2, -0.15) is 0 Å². The smallest absolute Gasteiger partial charge is 0.406 e. The molecule has 1 saturated heterocycles. The molecule has 2 atom stereocenters. The summed E-state index contributed by atoms with van der Waals surface area (Å²) in [7, 11) is 0. The van der Waals surface area contributed by atoms with Crippen LogP contribution in [0.15, 0.2) is 24.3 Å². The van der Waals surface area contributed by atoms with Gasteiger partial charge in [0.05, 0.1) is 6.04 Å². The maximum atomic E-state index is 12.1. The van der Waals surface area contributed by atoms with Crippen molar-refractivity contribution < 1.29 is 22.7 Å². The summed E-state index contributed by atoms with van der Waals surface area (Å²) in [5.41, 5.74) is 0.732. The van der Waals surface area contributed by atoms with Gasteiger partial charge in [0.15, 0.2) is 0 Å². The Labute approximate surface area is 133 Å². The third-order valence-corrected chi connectivity index (χ3v) is 3.93. The molecule has 1 aliphatic rings. The van der Waals surface area contributed by atoms with Crippen molar-refractivity contribution in [3.8, 4) is 5.75 Å². The molecular weight excluding hydrogens is 309 g/mol. The van der Waals surface area contributed by atoms with E-state index in [0.717, 1.165) is 31.5 Å². The Balaban J connectivity index is 1.80. The van der Waals surface area contributed by atoms with Gasteiger partial charge in [-0.25, -0.2) is 0 Å². The van der Waals surface area contributed by atoms with Crippen molar-refractivity contribution in [1.82, 2.24) is 10.6 Å². The molecule has 1 amide bonds. The van der Waals surface area contributed by atoms with Gasteiger partial charge in [0.2, 0.25) is 5.91 Å². The number of carbonyl (C=O) groups is 1. The number of amides is 1. The van der Waals surface area contributed by atoms with Crippen LogP contribution in [0.3, 0.4) is 0 Å². The van der Waals surface area contributed by atoms with Crippen LogP contribution in [0.4, 0.5) is 13.2 Å². The van der Waals surface area contributed by atoms with Crippen LogP contribution in [0.1, 0.15) is 37.8 Å². The highest BCUT2D eigenvalue weighted by Crippen LogP contribution is 2.24. The van der Waals surface area contributed by atoms with Crippen molar-refractivity contribution in [2.24, 2.45) is 5.92 Å². The third kappa shape index (κ3) is 6.09. The summed E-state index contributed by atoms with van der Waals surface area (Å²) in [6, 6.07) is 5.27. The van der Waals surface area contributed by atoms with Crippen LogP contribution in [-0.2, 0) is 4.79 Å². The van der Waals surface area contributed by atoms with Gasteiger partial charge in [-0.1, -0.05) is 12.1 Å². The Morgan fingerprint density at radius 1 is 1.39 bits per heavy atom. The number of nitrogens with one attached hydrogen (secondary N) is 2. The summed E-state index contributed by atoms with van der Waals surface area (Å²) in [4.78, 5) is 11.9. The first-order valence-electron chi connectivity index (χ1n) is 7.69. The maximum absolute atomic E-state index is 12.1. The van der Waals surface area contributed by atoms with Crippen molar-refractivity contribution in [3.63, 3.8) is 0 Å². The first kappa shape index (κ1) is 17.6. The average molecular weight is 330 g/mol. The standard InChI is InChI=1S/C16H21F3N2O2/c1-11(21-15(22)7-2-12-8-9-20-10-12)13-3-5-14(6-4-13)23-16(17,18)19/h3-6,11-12,20H,2,7-10H2,1H3,(H,21,22). The third-order valence-electron chi connectivity index (χ3n) is 3.93. The van der Waals surface area contributed by atoms with Crippen LogP contribution < -0.4 is 15.4 Å². The van der Waals surface area contributed by atoms with Gasteiger partial charge < -0.3 is 15.4 Å². The molecule has 0 radical (unpaired) electrons. The Morgan fingerprint density at radius 3 is 2.65 bits per heavy atom. The van der Waals surface area contributed by atoms with E-state index in [9.17, 15) is 18.0 Å². The van der Waals surface area contributed by atoms with E-state index in [2.05, 4.69) is 15.4 Å². The molecule has 7 heteroatoms. The van der Waals surface area contributed by atoms with Gasteiger partial charge in [0.25, 0.3) is 0 Å². The Morgan fingerprint density at radius 2 is 2.09 bits per heavy atom. The SMILES string of the molecule is CC(NC(=O)CCC1CCNC1)c1ccc(OC(F)(F)F)cc1. The highest BCUT2D eigenvalue weighted by atomic mass is 19.4. The first-order valence-corrected chi connectivity index (χ1v) is 7.69. The Hall–Kier alpha value is -1.76. The fourth-order valence-corrected chi connectivity index (χ4v) is 2.65. The summed E-state index contributed by atoms with van der Waals surface area (Å²) in [6.45, 7) is 3.77. The number of carbonyl (C=O) groups excluding carboxylic acids is 1. The van der Waals surface area contributed by atoms with Crippen LogP contribution in [-0.4, -0.2) is 25.4 Å². The molecule has 0 aliphatic carbocycles. The van der Waals surface area contributed by atoms with Crippen LogP contribution in [0, 0.1) is 5.92 Å². The van der Waals surface area contributed by atoms with Gasteiger partial charge in [-0.05, 0) is 56.5 Å². The lowest BCUT2D eigenvalue weighted by Gasteiger charge is -2.16. The molecule has 2 rings (SSSR count). The number of hydrogen-bond donors (Lipinski definition) is 2. The molecule has 23 heavy (non-hydrogen) atoms. The van der Waals surface area contributed by atoms with E-state index in [1.165, 1.54) is 24.3 Å². The lowest BCUT2D eigenvalue weighted by Crippen LogP contribution is -2.27. The van der Waals surface area contributed by atoms with Crippen molar-refractivity contribution in [1.29, 1.82) is 0 Å². The molecule has 2 unspecified atom stereocenters. The van der Waals surface area contributed by atoms with E-state index in [4.69, 9.17) is 0 Å². The zero-order valence-electron chi connectivity index (χ0n) is 13.0. The zero-order chi connectivity index (χ0) is 16.9. The zero-order valence-corrected chi connectivity index (χ0v) is 13.0. The molecular formula is C16H21F3N2O2. The largest absolute Gasteiger partial charge is 0.573 e. The normalized spacial score (nSPS) is 19.4. The van der Waals surface area contributed by atoms with Crippen molar-refractivity contribution in [2.45, 2.75) is 38.6 Å². The summed E-state index contributed by atoms with van der Waals surface area (Å²) in [6.07, 6.45) is -2.28. The summed E-state index contributed by atoms with van der Waals surface area (Å²) in [5, 5.41) is 6.13. The summed E-state index contributed by atoms with van der Waals surface area (Å²) >= 11 is 0. The van der Waals surface area contributed by atoms with Gasteiger partial charge in [0.1, 0.15) is 5.75 Å². The molecule has 1 aliphatic heterocycles. The molecule has 0 bridgehead atoms. The molecule has 1 heterocycles. The highest BCUT2D eigenvalue weighted by molar-refractivity contribution is 5.76. The number of ether oxygens (including phenoxy) is 1. The fourth-order valence-electron chi connectivity index (χ4n) is 2.65. The number of benzene rings is 1. The lowest BCUT2D eigenvalue weighted by atomic mass is 10.0. The van der Waals surface area contributed by atoms with Gasteiger partial charge in [0, 0.05) is 6.42 Å². The van der Waals surface area contributed by atoms with E-state index in [0.29, 0.717) is 12.3 Å². The minimum Gasteiger partial charge on any atom is -0.406 e. The molecule has 2 N–H and O–H groups in total. The number of halogens is 3. The number of hydrogen-bond acceptors (Lipinski definition) is 3. The van der Waals surface area contributed by atoms with Crippen LogP contribution in [0.2, 0.25) is 0 Å². The molecule has 0 saturated carbocycles. The lowest BCUT2D eigenvalue weighted by molar-refractivity contribution is -0.274. The highest BCUT2D eigenvalue weighted by Gasteiger charge is 2.31. The fraction of sp³-hybridized carbons (Fsp3) is 0.562. The predicted molar refractivity (Wildman–Crippen MR) is 79.9 cm³/mol. The second kappa shape index (κ2) is 7.68. The maximum Gasteiger partial charge on any atom is 0.573 e. The van der Waals surface area contributed by atoms with Crippen LogP contribution in [0.5, 0.6) is 5.75 Å². The summed E-state index contributed by atoms with van der Waals surface area (Å²) in [5.74, 6) is 0.239. The molecule has 1 fully saturated rings. The topological polar surface area (TPSA) is 50.4 Å². The average Bonchev–Trinajstić information content (AvgIpc) is 2.97. The van der Waals surface area contributed by atoms with E-state index in [1.807, 2.05) is 0 Å². The predicted octanol–water partition coefficient (Wildman–Crippen LogP) is 3.15. The Bertz CT molecular complexity index is 511. The van der Waals surface area contributed by atoms with Gasteiger partial charge >= 0.3 is 6.36 Å². The molecule has 0 spiro atoms. The quantitative estimate of drug-likeness (QED) is 0.842. The number of rotatable bonds is 6. The van der Waals surface area contributed by atoms with E-state index in [-0.39, 0.29) is 17.7 Å². The van der Waals surface area contributed by atoms with Crippen LogP contribution >= 0.6 is 0 Å². The Kier molecular flexibility index (Phi) is 5.87. The molecule has 4 nitrogen and oxygen atoms in total. The molecule has 128 valence electrons. The van der Waals surface area contributed by atoms with Crippen molar-refractivity contribution in [2.75, 3.05) is 13.1 Å². The second-order valence-electron chi connectivity index (χ2n) is 5.80. The van der Waals surface area contributed by atoms with E-state index < -0.39 is 6.36 Å². The molecule has 1 aromatic carbocycles. The van der Waals surface area contributed by atoms with E-state index in [1.54, 1.807) is 6.92 Å². The van der Waals surface area contributed by atoms with Crippen LogP contribution in [0.25, 0.3) is 0 Å². The molecule has 0 aromatic heterocycles. The monoisotopic (exact) mass is 330 g/mol. The van der Waals surface area contributed by atoms with E-state index >= 15 is 0 Å².